The molecule has 1 spiro atoms. The fourth-order valence-corrected chi connectivity index (χ4v) is 5.83. The Balaban J connectivity index is 1.44. The van der Waals surface area contributed by atoms with E-state index in [1.165, 1.54) is 0 Å². The minimum absolute atomic E-state index is 0.159. The highest BCUT2D eigenvalue weighted by atomic mass is 32.2. The lowest BCUT2D eigenvalue weighted by Gasteiger charge is -2.62. The molecule has 174 valence electrons. The van der Waals surface area contributed by atoms with Gasteiger partial charge in [-0.1, -0.05) is 6.58 Å². The van der Waals surface area contributed by atoms with Crippen molar-refractivity contribution in [3.8, 4) is 0 Å². The Bertz CT molecular complexity index is 899. The predicted molar refractivity (Wildman–Crippen MR) is 98.2 cm³/mol. The molecule has 5 aliphatic rings. The van der Waals surface area contributed by atoms with Gasteiger partial charge in [-0.15, -0.1) is 0 Å². The average molecular weight is 466 g/mol. The zero-order valence-electron chi connectivity index (χ0n) is 16.8. The van der Waals surface area contributed by atoms with Crippen LogP contribution < -0.4 is 0 Å². The van der Waals surface area contributed by atoms with Crippen LogP contribution in [0.15, 0.2) is 12.2 Å². The number of rotatable bonds is 6. The monoisotopic (exact) mass is 466 g/mol. The van der Waals surface area contributed by atoms with Crippen molar-refractivity contribution in [2.24, 2.45) is 17.8 Å². The number of carbonyl (C=O) groups is 2. The van der Waals surface area contributed by atoms with Crippen molar-refractivity contribution in [1.82, 2.24) is 0 Å². The van der Waals surface area contributed by atoms with Gasteiger partial charge in [0.15, 0.2) is 18.5 Å². The van der Waals surface area contributed by atoms with Crippen LogP contribution >= 0.6 is 0 Å². The zero-order chi connectivity index (χ0) is 22.8. The summed E-state index contributed by atoms with van der Waals surface area (Å²) in [5.41, 5.74) is -0.330. The number of hydrogen-bond acceptors (Lipinski definition) is 8. The molecular formula is C19H24F2O9S. The van der Waals surface area contributed by atoms with Gasteiger partial charge < -0.3 is 18.9 Å². The molecule has 3 unspecified atom stereocenters. The second-order valence-electron chi connectivity index (χ2n) is 9.06. The van der Waals surface area contributed by atoms with E-state index in [1.807, 2.05) is 0 Å². The molecule has 9 nitrogen and oxygen atoms in total. The van der Waals surface area contributed by atoms with Gasteiger partial charge in [-0.2, -0.15) is 17.2 Å². The summed E-state index contributed by atoms with van der Waals surface area (Å²) in [6.07, 6.45) is 1.93. The number of hydrogen-bond donors (Lipinski definition) is 1. The maximum absolute atomic E-state index is 13.3. The zero-order valence-corrected chi connectivity index (χ0v) is 17.7. The van der Waals surface area contributed by atoms with Crippen molar-refractivity contribution in [3.05, 3.63) is 12.2 Å². The summed E-state index contributed by atoms with van der Waals surface area (Å²) in [6, 6.07) is 0. The molecular weight excluding hydrogens is 442 g/mol. The highest BCUT2D eigenvalue weighted by Gasteiger charge is 2.68. The maximum atomic E-state index is 13.3. The molecule has 0 aromatic carbocycles. The Morgan fingerprint density at radius 3 is 2.39 bits per heavy atom. The van der Waals surface area contributed by atoms with Crippen LogP contribution in [0, 0.1) is 17.8 Å². The van der Waals surface area contributed by atoms with Crippen molar-refractivity contribution in [2.45, 2.75) is 61.8 Å². The first-order valence-corrected chi connectivity index (χ1v) is 11.4. The van der Waals surface area contributed by atoms with Crippen LogP contribution in [-0.4, -0.2) is 60.9 Å². The van der Waals surface area contributed by atoms with Gasteiger partial charge in [0.25, 0.3) is 0 Å². The van der Waals surface area contributed by atoms with Gasteiger partial charge in [0.1, 0.15) is 5.60 Å². The van der Waals surface area contributed by atoms with Crippen LogP contribution in [0.2, 0.25) is 0 Å². The van der Waals surface area contributed by atoms with Gasteiger partial charge in [-0.05, 0) is 44.9 Å². The van der Waals surface area contributed by atoms with Gasteiger partial charge in [0.05, 0.1) is 6.61 Å². The fourth-order valence-electron chi connectivity index (χ4n) is 5.63. The second-order valence-corrected chi connectivity index (χ2v) is 10.6. The van der Waals surface area contributed by atoms with Crippen LogP contribution in [0.1, 0.15) is 39.0 Å². The molecule has 5 fully saturated rings. The van der Waals surface area contributed by atoms with Crippen LogP contribution in [-0.2, 0) is 38.7 Å². The van der Waals surface area contributed by atoms with Gasteiger partial charge in [0.2, 0.25) is 0 Å². The summed E-state index contributed by atoms with van der Waals surface area (Å²) in [6.45, 7) is 3.14. The Morgan fingerprint density at radius 2 is 1.84 bits per heavy atom. The molecule has 1 N–H and O–H groups in total. The van der Waals surface area contributed by atoms with E-state index in [0.717, 1.165) is 19.3 Å². The average Bonchev–Trinajstić information content (AvgIpc) is 3.09. The van der Waals surface area contributed by atoms with Gasteiger partial charge in [-0.3, -0.25) is 4.55 Å². The third kappa shape index (κ3) is 3.77. The molecule has 1 aliphatic heterocycles. The van der Waals surface area contributed by atoms with E-state index in [0.29, 0.717) is 24.3 Å². The highest BCUT2D eigenvalue weighted by molar-refractivity contribution is 7.86. The molecule has 4 aliphatic carbocycles. The Labute approximate surface area is 177 Å². The SMILES string of the molecule is C=C(C)C(=O)OC12CC3CC(C1)C1(OCC(C(=O)OCC(F)(F)S(=O)(=O)O)O1)C(C3)C2. The lowest BCUT2D eigenvalue weighted by atomic mass is 9.51. The quantitative estimate of drug-likeness (QED) is 0.354. The van der Waals surface area contributed by atoms with Gasteiger partial charge in [0, 0.05) is 17.4 Å². The molecule has 12 heteroatoms. The number of carbonyl (C=O) groups excluding carboxylic acids is 2. The Morgan fingerprint density at radius 1 is 1.23 bits per heavy atom. The third-order valence-electron chi connectivity index (χ3n) is 6.74. The molecule has 1 saturated heterocycles. The van der Waals surface area contributed by atoms with Crippen molar-refractivity contribution >= 4 is 22.1 Å². The Hall–Kier alpha value is -1.63. The van der Waals surface area contributed by atoms with E-state index in [2.05, 4.69) is 11.3 Å². The summed E-state index contributed by atoms with van der Waals surface area (Å²) in [5.74, 6) is -2.76. The van der Waals surface area contributed by atoms with Crippen LogP contribution in [0.25, 0.3) is 0 Å². The number of ether oxygens (including phenoxy) is 4. The number of alkyl halides is 2. The van der Waals surface area contributed by atoms with Crippen LogP contribution in [0.5, 0.6) is 0 Å². The van der Waals surface area contributed by atoms with E-state index in [-0.39, 0.29) is 18.4 Å². The predicted octanol–water partition coefficient (Wildman–Crippen LogP) is 1.82. The first kappa shape index (κ1) is 22.6. The normalized spacial score (nSPS) is 39.0. The minimum Gasteiger partial charge on any atom is -0.456 e. The Kier molecular flexibility index (Phi) is 5.23. The van der Waals surface area contributed by atoms with E-state index < -0.39 is 51.4 Å². The summed E-state index contributed by atoms with van der Waals surface area (Å²) >= 11 is 0. The first-order valence-electron chi connectivity index (χ1n) is 9.99. The molecule has 0 aromatic rings. The fraction of sp³-hybridized carbons (Fsp3) is 0.789. The molecule has 31 heavy (non-hydrogen) atoms. The molecule has 1 heterocycles. The lowest BCUT2D eigenvalue weighted by molar-refractivity contribution is -0.318. The van der Waals surface area contributed by atoms with Gasteiger partial charge >= 0.3 is 27.3 Å². The van der Waals surface area contributed by atoms with Crippen molar-refractivity contribution in [2.75, 3.05) is 13.2 Å². The summed E-state index contributed by atoms with van der Waals surface area (Å²) in [4.78, 5) is 24.3. The van der Waals surface area contributed by atoms with Gasteiger partial charge in [-0.25, -0.2) is 9.59 Å². The van der Waals surface area contributed by atoms with E-state index in [1.54, 1.807) is 6.92 Å². The summed E-state index contributed by atoms with van der Waals surface area (Å²) in [5, 5.41) is -4.62. The van der Waals surface area contributed by atoms with Crippen LogP contribution in [0.3, 0.4) is 0 Å². The van der Waals surface area contributed by atoms with E-state index in [9.17, 15) is 26.8 Å². The van der Waals surface area contributed by atoms with E-state index >= 15 is 0 Å². The largest absolute Gasteiger partial charge is 0.456 e. The number of halogens is 2. The molecule has 4 saturated carbocycles. The third-order valence-corrected chi connectivity index (χ3v) is 7.61. The lowest BCUT2D eigenvalue weighted by Crippen LogP contribution is -2.65. The van der Waals surface area contributed by atoms with Crippen molar-refractivity contribution in [1.29, 1.82) is 0 Å². The first-order chi connectivity index (χ1) is 14.3. The molecule has 0 amide bonds. The maximum Gasteiger partial charge on any atom is 0.402 e. The highest BCUT2D eigenvalue weighted by Crippen LogP contribution is 2.64. The van der Waals surface area contributed by atoms with Crippen molar-refractivity contribution < 1.29 is 50.3 Å². The standard InChI is InChI=1S/C19H24F2O9S/c1-10(2)15(22)30-17-5-11-3-12(6-17)19(13(4-11)7-17)28-8-14(29-19)16(23)27-9-18(20,21)31(24,25)26/h11-14H,1,3-9H2,2H3,(H,24,25,26). The van der Waals surface area contributed by atoms with Crippen LogP contribution in [0.4, 0.5) is 8.78 Å². The topological polar surface area (TPSA) is 125 Å². The molecule has 0 radical (unpaired) electrons. The molecule has 5 rings (SSSR count). The van der Waals surface area contributed by atoms with E-state index in [4.69, 9.17) is 18.8 Å². The minimum atomic E-state index is -5.72. The van der Waals surface area contributed by atoms with Crippen molar-refractivity contribution in [3.63, 3.8) is 0 Å². The summed E-state index contributed by atoms with van der Waals surface area (Å²) < 4.78 is 78.5. The smallest absolute Gasteiger partial charge is 0.402 e. The second kappa shape index (κ2) is 7.19. The number of esters is 2. The molecule has 4 bridgehead atoms. The molecule has 0 aromatic heterocycles. The summed E-state index contributed by atoms with van der Waals surface area (Å²) in [7, 11) is -5.72. The molecule has 3 atom stereocenters.